The molecule has 8 rings (SSSR count). The lowest BCUT2D eigenvalue weighted by Crippen LogP contribution is -2.78. The summed E-state index contributed by atoms with van der Waals surface area (Å²) < 4.78 is 6.58. The van der Waals surface area contributed by atoms with Gasteiger partial charge in [0, 0.05) is 23.7 Å². The van der Waals surface area contributed by atoms with Crippen LogP contribution in [0.15, 0.2) is 48.0 Å². The lowest BCUT2D eigenvalue weighted by Gasteiger charge is -2.64. The number of aliphatic carboxylic acids is 2. The summed E-state index contributed by atoms with van der Waals surface area (Å²) in [5, 5.41) is 56.0. The Balaban J connectivity index is 0.000000320. The van der Waals surface area contributed by atoms with Gasteiger partial charge in [0.25, 0.3) is 5.91 Å². The Morgan fingerprint density at radius 3 is 2.31 bits per heavy atom. The third-order valence-corrected chi connectivity index (χ3v) is 11.1. The van der Waals surface area contributed by atoms with E-state index in [0.717, 1.165) is 36.2 Å². The number of hydrogen-bond acceptors (Lipinski definition) is 10. The fourth-order valence-electron chi connectivity index (χ4n) is 8.78. The molecule has 2 bridgehead atoms. The number of carboxylic acid groups (broad SMARTS) is 2. The van der Waals surface area contributed by atoms with Crippen LogP contribution in [0.25, 0.3) is 6.08 Å². The highest BCUT2D eigenvalue weighted by atomic mass is 16.5. The van der Waals surface area contributed by atoms with Gasteiger partial charge in [-0.3, -0.25) is 19.4 Å². The van der Waals surface area contributed by atoms with Crippen LogP contribution in [0.1, 0.15) is 55.2 Å². The van der Waals surface area contributed by atoms with Crippen LogP contribution in [0.3, 0.4) is 0 Å². The van der Waals surface area contributed by atoms with Gasteiger partial charge in [-0.05, 0) is 74.3 Å². The van der Waals surface area contributed by atoms with E-state index in [1.165, 1.54) is 17.7 Å². The average molecular weight is 663 g/mol. The van der Waals surface area contributed by atoms with Gasteiger partial charge in [-0.1, -0.05) is 36.4 Å². The van der Waals surface area contributed by atoms with E-state index in [-0.39, 0.29) is 30.0 Å². The van der Waals surface area contributed by atoms with E-state index in [1.54, 1.807) is 12.1 Å². The molecule has 3 aliphatic carbocycles. The first-order chi connectivity index (χ1) is 22.9. The van der Waals surface area contributed by atoms with Gasteiger partial charge in [0.2, 0.25) is 5.91 Å². The lowest BCUT2D eigenvalue weighted by molar-refractivity contribution is -0.201. The number of ether oxygens (including phenoxy) is 1. The third-order valence-electron chi connectivity index (χ3n) is 11.1. The molecule has 13 nitrogen and oxygen atoms in total. The Morgan fingerprint density at radius 1 is 0.979 bits per heavy atom. The minimum Gasteiger partial charge on any atom is -0.504 e. The molecular weight excluding hydrogens is 624 g/mol. The fraction of sp³-hybridized carbons (Fsp3) is 0.486. The molecule has 48 heavy (non-hydrogen) atoms. The van der Waals surface area contributed by atoms with Crippen molar-refractivity contribution in [2.75, 3.05) is 13.1 Å². The van der Waals surface area contributed by atoms with Crippen LogP contribution in [-0.2, 0) is 31.0 Å². The van der Waals surface area contributed by atoms with Crippen molar-refractivity contribution in [3.05, 3.63) is 64.7 Å². The molecule has 7 atom stereocenters. The number of imide groups is 1. The Labute approximate surface area is 275 Å². The SMILES string of the molecule is O=C(O)C(O)C(O)C(=O)O.O=C1CC(=Cc2ccccc2)C(=O)N1[C@@H]1CC[C@@]2(O)[C@H]3Cc4ccc(O)c5c4[C@@]2(CCN3CC2CC2)[C@H]1O5. The smallest absolute Gasteiger partial charge is 0.335 e. The van der Waals surface area contributed by atoms with Gasteiger partial charge in [-0.25, -0.2) is 9.59 Å². The zero-order valence-electron chi connectivity index (χ0n) is 26.1. The van der Waals surface area contributed by atoms with Gasteiger partial charge in [0.05, 0.1) is 23.5 Å². The van der Waals surface area contributed by atoms with Crippen molar-refractivity contribution in [1.29, 1.82) is 0 Å². The number of hydrogen-bond donors (Lipinski definition) is 6. The maximum atomic E-state index is 13.7. The summed E-state index contributed by atoms with van der Waals surface area (Å²) in [6.07, 6.45) is 1.64. The maximum Gasteiger partial charge on any atom is 0.335 e. The van der Waals surface area contributed by atoms with Crippen LogP contribution in [0, 0.1) is 5.92 Å². The number of likely N-dealkylation sites (tertiary alicyclic amines) is 2. The van der Waals surface area contributed by atoms with Crippen molar-refractivity contribution in [2.24, 2.45) is 5.92 Å². The molecule has 254 valence electrons. The number of phenolic OH excluding ortho intramolecular Hbond substituents is 1. The van der Waals surface area contributed by atoms with Gasteiger partial charge < -0.3 is 35.4 Å². The van der Waals surface area contributed by atoms with Crippen molar-refractivity contribution in [3.63, 3.8) is 0 Å². The third kappa shape index (κ3) is 4.90. The molecule has 13 heteroatoms. The van der Waals surface area contributed by atoms with Gasteiger partial charge in [0.1, 0.15) is 6.10 Å². The van der Waals surface area contributed by atoms with E-state index >= 15 is 0 Å². The number of piperidine rings is 1. The topological polar surface area (TPSA) is 205 Å². The normalized spacial score (nSPS) is 32.2. The standard InChI is InChI=1S/C31H32N2O5.C4H6O6/c34-23-9-8-20-15-24-31(37)11-10-22(33-25(35)16-21(29(33)36)14-18-4-2-1-3-5-18)28-30(31,26(20)27(23)38-28)12-13-32(24)17-19-6-7-19;5-1(3(7)8)2(6)4(9)10/h1-5,8-9,14,19,22,24,28,34,37H,6-7,10-13,15-17H2;1-2,5-6H,(H,7,8)(H,9,10)/t22-,24-,28+,30+,31-;/m1./s1. The number of nitrogens with zero attached hydrogens (tertiary/aromatic N) is 2. The van der Waals surface area contributed by atoms with Gasteiger partial charge in [-0.15, -0.1) is 0 Å². The first-order valence-corrected chi connectivity index (χ1v) is 16.3. The number of phenols is 1. The molecule has 6 aliphatic rings. The second-order valence-electron chi connectivity index (χ2n) is 13.8. The number of carboxylic acids is 2. The predicted molar refractivity (Wildman–Crippen MR) is 167 cm³/mol. The van der Waals surface area contributed by atoms with Crippen LogP contribution in [-0.4, -0.2) is 113 Å². The molecule has 1 spiro atoms. The van der Waals surface area contributed by atoms with E-state index in [2.05, 4.69) is 4.90 Å². The molecule has 3 heterocycles. The van der Waals surface area contributed by atoms with E-state index in [0.29, 0.717) is 36.5 Å². The number of aromatic hydroxyl groups is 1. The van der Waals surface area contributed by atoms with Crippen LogP contribution < -0.4 is 4.74 Å². The van der Waals surface area contributed by atoms with Crippen molar-refractivity contribution >= 4 is 29.8 Å². The maximum absolute atomic E-state index is 13.7. The molecule has 6 N–H and O–H groups in total. The predicted octanol–water partition coefficient (Wildman–Crippen LogP) is 1.04. The number of benzene rings is 2. The molecule has 3 aliphatic heterocycles. The number of aliphatic hydroxyl groups is 3. The number of rotatable bonds is 7. The van der Waals surface area contributed by atoms with Crippen molar-refractivity contribution in [1.82, 2.24) is 9.80 Å². The minimum atomic E-state index is -2.27. The monoisotopic (exact) mass is 662 g/mol. The van der Waals surface area contributed by atoms with Crippen molar-refractivity contribution < 1.29 is 54.6 Å². The zero-order valence-corrected chi connectivity index (χ0v) is 26.1. The molecule has 4 fully saturated rings. The summed E-state index contributed by atoms with van der Waals surface area (Å²) in [5.74, 6) is -2.81. The van der Waals surface area contributed by atoms with E-state index in [4.69, 9.17) is 25.2 Å². The van der Waals surface area contributed by atoms with E-state index in [9.17, 15) is 29.4 Å². The van der Waals surface area contributed by atoms with Crippen LogP contribution in [0.4, 0.5) is 0 Å². The van der Waals surface area contributed by atoms with Crippen molar-refractivity contribution in [3.8, 4) is 11.5 Å². The summed E-state index contributed by atoms with van der Waals surface area (Å²) in [6.45, 7) is 1.85. The molecule has 2 aromatic rings. The number of carbonyl (C=O) groups is 4. The van der Waals surface area contributed by atoms with Crippen LogP contribution in [0.2, 0.25) is 0 Å². The summed E-state index contributed by atoms with van der Waals surface area (Å²) in [7, 11) is 0. The highest BCUT2D eigenvalue weighted by Gasteiger charge is 2.74. The average Bonchev–Trinajstić information content (AvgIpc) is 3.74. The van der Waals surface area contributed by atoms with Gasteiger partial charge in [0.15, 0.2) is 23.7 Å². The molecule has 2 saturated carbocycles. The Bertz CT molecular complexity index is 1690. The molecule has 0 aromatic heterocycles. The summed E-state index contributed by atoms with van der Waals surface area (Å²) in [4.78, 5) is 50.5. The van der Waals surface area contributed by atoms with Gasteiger partial charge in [-0.2, -0.15) is 0 Å². The Hall–Kier alpha value is -4.30. The number of carbonyl (C=O) groups excluding carboxylic acids is 2. The first-order valence-electron chi connectivity index (χ1n) is 16.3. The summed E-state index contributed by atoms with van der Waals surface area (Å²) >= 11 is 0. The minimum absolute atomic E-state index is 0.0367. The molecule has 2 aromatic carbocycles. The summed E-state index contributed by atoms with van der Waals surface area (Å²) in [6, 6.07) is 12.7. The second-order valence-corrected chi connectivity index (χ2v) is 13.8. The Kier molecular flexibility index (Phi) is 7.86. The fourth-order valence-corrected chi connectivity index (χ4v) is 8.78. The molecule has 2 amide bonds. The lowest BCUT2D eigenvalue weighted by atomic mass is 9.48. The highest BCUT2D eigenvalue weighted by molar-refractivity contribution is 6.16. The van der Waals surface area contributed by atoms with Gasteiger partial charge >= 0.3 is 11.9 Å². The second kappa shape index (κ2) is 11.7. The molecule has 2 saturated heterocycles. The van der Waals surface area contributed by atoms with Crippen molar-refractivity contribution in [2.45, 2.75) is 86.4 Å². The van der Waals surface area contributed by atoms with E-state index in [1.807, 2.05) is 36.4 Å². The zero-order chi connectivity index (χ0) is 34.1. The quantitative estimate of drug-likeness (QED) is 0.182. The Morgan fingerprint density at radius 2 is 1.67 bits per heavy atom. The number of aliphatic hydroxyl groups excluding tert-OH is 2. The molecular formula is C35H38N2O11. The van der Waals surface area contributed by atoms with Crippen LogP contribution in [0.5, 0.6) is 11.5 Å². The number of amides is 2. The molecule has 2 unspecified atom stereocenters. The highest BCUT2D eigenvalue weighted by Crippen LogP contribution is 2.66. The largest absolute Gasteiger partial charge is 0.504 e. The first kappa shape index (κ1) is 32.3. The molecule has 0 radical (unpaired) electrons. The van der Waals surface area contributed by atoms with E-state index < -0.39 is 47.3 Å². The van der Waals surface area contributed by atoms with Crippen LogP contribution >= 0.6 is 0 Å². The summed E-state index contributed by atoms with van der Waals surface area (Å²) in [5.41, 5.74) is 1.60.